The van der Waals surface area contributed by atoms with E-state index in [1.165, 1.54) is 0 Å². The fourth-order valence-electron chi connectivity index (χ4n) is 1.67. The van der Waals surface area contributed by atoms with Crippen LogP contribution in [0.25, 0.3) is 0 Å². The normalized spacial score (nSPS) is 19.5. The number of rotatable bonds is 1. The van der Waals surface area contributed by atoms with E-state index in [4.69, 9.17) is 4.74 Å². The molecule has 1 aliphatic rings. The number of carbonyl (C=O) groups is 2. The second kappa shape index (κ2) is 3.87. The highest BCUT2D eigenvalue weighted by Gasteiger charge is 2.33. The molecule has 1 heterocycles. The van der Waals surface area contributed by atoms with Gasteiger partial charge in [0.25, 0.3) is 0 Å². The Morgan fingerprint density at radius 3 is 2.65 bits per heavy atom. The number of hydrogen-bond donors (Lipinski definition) is 0. The summed E-state index contributed by atoms with van der Waals surface area (Å²) in [6.45, 7) is 0. The van der Waals surface area contributed by atoms with Gasteiger partial charge in [-0.1, -0.05) is 0 Å². The van der Waals surface area contributed by atoms with E-state index < -0.39 is 23.8 Å². The Labute approximate surface area is 94.2 Å². The van der Waals surface area contributed by atoms with Crippen LogP contribution in [0.1, 0.15) is 21.5 Å². The smallest absolute Gasteiger partial charge is 0.416 e. The van der Waals surface area contributed by atoms with Crippen molar-refractivity contribution in [2.24, 2.45) is 0 Å². The second-order valence-electron chi connectivity index (χ2n) is 3.65. The fraction of sp³-hybridized carbons (Fsp3) is 0.273. The van der Waals surface area contributed by atoms with Gasteiger partial charge < -0.3 is 4.74 Å². The summed E-state index contributed by atoms with van der Waals surface area (Å²) in [5, 5.41) is 0. The van der Waals surface area contributed by atoms with Crippen LogP contribution < -0.4 is 0 Å². The third-order valence-electron chi connectivity index (χ3n) is 2.48. The van der Waals surface area contributed by atoms with Crippen LogP contribution in [-0.2, 0) is 22.1 Å². The molecule has 1 aliphatic heterocycles. The summed E-state index contributed by atoms with van der Waals surface area (Å²) in [5.74, 6) is -0.767. The standard InChI is InChI=1S/C11H7F3O3/c12-11(13,14)7-1-2-9-6(3-7)4-8(5-15)17-10(9)16/h1-3,5,8H,4H2. The molecule has 1 aromatic rings. The minimum atomic E-state index is -4.47. The van der Waals surface area contributed by atoms with Crippen molar-refractivity contribution >= 4 is 12.3 Å². The predicted octanol–water partition coefficient (Wildman–Crippen LogP) is 1.99. The van der Waals surface area contributed by atoms with Crippen LogP contribution >= 0.6 is 0 Å². The fourth-order valence-corrected chi connectivity index (χ4v) is 1.67. The molecule has 0 amide bonds. The zero-order chi connectivity index (χ0) is 12.6. The van der Waals surface area contributed by atoms with Gasteiger partial charge in [0.15, 0.2) is 12.4 Å². The quantitative estimate of drug-likeness (QED) is 0.560. The van der Waals surface area contributed by atoms with Crippen LogP contribution in [0.5, 0.6) is 0 Å². The van der Waals surface area contributed by atoms with Gasteiger partial charge in [0.05, 0.1) is 11.1 Å². The van der Waals surface area contributed by atoms with Crippen molar-refractivity contribution < 1.29 is 27.5 Å². The Morgan fingerprint density at radius 2 is 2.06 bits per heavy atom. The molecule has 0 aromatic heterocycles. The molecule has 1 unspecified atom stereocenters. The summed E-state index contributed by atoms with van der Waals surface area (Å²) in [7, 11) is 0. The van der Waals surface area contributed by atoms with Gasteiger partial charge >= 0.3 is 12.1 Å². The van der Waals surface area contributed by atoms with E-state index in [9.17, 15) is 22.8 Å². The highest BCUT2D eigenvalue weighted by Crippen LogP contribution is 2.32. The zero-order valence-corrected chi connectivity index (χ0v) is 8.45. The van der Waals surface area contributed by atoms with Crippen molar-refractivity contribution in [1.29, 1.82) is 0 Å². The topological polar surface area (TPSA) is 43.4 Å². The molecule has 0 bridgehead atoms. The molecule has 0 fully saturated rings. The van der Waals surface area contributed by atoms with Crippen LogP contribution in [0.4, 0.5) is 13.2 Å². The molecular weight excluding hydrogens is 237 g/mol. The lowest BCUT2D eigenvalue weighted by Gasteiger charge is -2.21. The number of halogens is 3. The van der Waals surface area contributed by atoms with E-state index in [0.29, 0.717) is 6.29 Å². The van der Waals surface area contributed by atoms with Gasteiger partial charge in [-0.15, -0.1) is 0 Å². The van der Waals surface area contributed by atoms with Gasteiger partial charge in [-0.25, -0.2) is 4.79 Å². The summed E-state index contributed by atoms with van der Waals surface area (Å²) in [5.41, 5.74) is -0.570. The Hall–Kier alpha value is -1.85. The molecule has 0 aliphatic carbocycles. The van der Waals surface area contributed by atoms with Crippen LogP contribution in [0.2, 0.25) is 0 Å². The summed E-state index contributed by atoms with van der Waals surface area (Å²) in [6, 6.07) is 2.77. The molecule has 90 valence electrons. The first-order valence-electron chi connectivity index (χ1n) is 4.78. The molecular formula is C11H7F3O3. The number of fused-ring (bicyclic) bond motifs is 1. The number of cyclic esters (lactones) is 1. The Bertz CT molecular complexity index is 479. The summed E-state index contributed by atoms with van der Waals surface area (Å²) in [4.78, 5) is 21.9. The van der Waals surface area contributed by atoms with E-state index in [2.05, 4.69) is 0 Å². The first-order chi connectivity index (χ1) is 7.91. The number of aldehydes is 1. The average Bonchev–Trinajstić information content (AvgIpc) is 2.27. The van der Waals surface area contributed by atoms with E-state index in [0.717, 1.165) is 18.2 Å². The molecule has 6 heteroatoms. The SMILES string of the molecule is O=CC1Cc2cc(C(F)(F)F)ccc2C(=O)O1. The third-order valence-corrected chi connectivity index (χ3v) is 2.48. The van der Waals surface area contributed by atoms with Gasteiger partial charge in [-0.3, -0.25) is 4.79 Å². The van der Waals surface area contributed by atoms with Crippen LogP contribution in [-0.4, -0.2) is 18.4 Å². The lowest BCUT2D eigenvalue weighted by atomic mass is 9.96. The summed E-state index contributed by atoms with van der Waals surface area (Å²) in [6.07, 6.45) is -5.08. The van der Waals surface area contributed by atoms with Gasteiger partial charge in [0, 0.05) is 6.42 Å². The predicted molar refractivity (Wildman–Crippen MR) is 50.4 cm³/mol. The van der Waals surface area contributed by atoms with Crippen molar-refractivity contribution in [3.05, 3.63) is 34.9 Å². The van der Waals surface area contributed by atoms with E-state index in [-0.39, 0.29) is 17.5 Å². The monoisotopic (exact) mass is 244 g/mol. The molecule has 0 spiro atoms. The number of esters is 1. The van der Waals surface area contributed by atoms with Crippen molar-refractivity contribution in [2.75, 3.05) is 0 Å². The first-order valence-corrected chi connectivity index (χ1v) is 4.78. The number of alkyl halides is 3. The van der Waals surface area contributed by atoms with Crippen molar-refractivity contribution in [2.45, 2.75) is 18.7 Å². The second-order valence-corrected chi connectivity index (χ2v) is 3.65. The molecule has 0 saturated carbocycles. The zero-order valence-electron chi connectivity index (χ0n) is 8.45. The lowest BCUT2D eigenvalue weighted by molar-refractivity contribution is -0.137. The largest absolute Gasteiger partial charge is 0.451 e. The maximum atomic E-state index is 12.4. The number of carbonyl (C=O) groups excluding carboxylic acids is 2. The number of hydrogen-bond acceptors (Lipinski definition) is 3. The van der Waals surface area contributed by atoms with Crippen molar-refractivity contribution in [3.63, 3.8) is 0 Å². The van der Waals surface area contributed by atoms with E-state index in [1.807, 2.05) is 0 Å². The number of ether oxygens (including phenoxy) is 1. The lowest BCUT2D eigenvalue weighted by Crippen LogP contribution is -2.29. The van der Waals surface area contributed by atoms with Crippen LogP contribution in [0.3, 0.4) is 0 Å². The van der Waals surface area contributed by atoms with E-state index >= 15 is 0 Å². The maximum Gasteiger partial charge on any atom is 0.416 e. The molecule has 3 nitrogen and oxygen atoms in total. The third kappa shape index (κ3) is 2.15. The molecule has 1 aromatic carbocycles. The van der Waals surface area contributed by atoms with Gasteiger partial charge in [-0.2, -0.15) is 13.2 Å². The van der Waals surface area contributed by atoms with Crippen molar-refractivity contribution in [3.8, 4) is 0 Å². The summed E-state index contributed by atoms with van der Waals surface area (Å²) < 4.78 is 42.0. The van der Waals surface area contributed by atoms with Gasteiger partial charge in [0.1, 0.15) is 0 Å². The van der Waals surface area contributed by atoms with E-state index in [1.54, 1.807) is 0 Å². The highest BCUT2D eigenvalue weighted by molar-refractivity contribution is 5.93. The minimum Gasteiger partial charge on any atom is -0.451 e. The Morgan fingerprint density at radius 1 is 1.35 bits per heavy atom. The maximum absolute atomic E-state index is 12.4. The molecule has 2 rings (SSSR count). The van der Waals surface area contributed by atoms with Crippen LogP contribution in [0, 0.1) is 0 Å². The van der Waals surface area contributed by atoms with Crippen molar-refractivity contribution in [1.82, 2.24) is 0 Å². The molecule has 0 N–H and O–H groups in total. The summed E-state index contributed by atoms with van der Waals surface area (Å²) >= 11 is 0. The molecule has 0 saturated heterocycles. The molecule has 0 radical (unpaired) electrons. The number of benzene rings is 1. The Balaban J connectivity index is 2.45. The minimum absolute atomic E-state index is 0.0194. The van der Waals surface area contributed by atoms with Gasteiger partial charge in [0.2, 0.25) is 0 Å². The van der Waals surface area contributed by atoms with Gasteiger partial charge in [-0.05, 0) is 23.8 Å². The Kier molecular flexibility index (Phi) is 2.65. The highest BCUT2D eigenvalue weighted by atomic mass is 19.4. The van der Waals surface area contributed by atoms with Crippen LogP contribution in [0.15, 0.2) is 18.2 Å². The molecule has 17 heavy (non-hydrogen) atoms. The molecule has 1 atom stereocenters. The average molecular weight is 244 g/mol. The first kappa shape index (κ1) is 11.6.